The Labute approximate surface area is 190 Å². The number of benzene rings is 2. The second-order valence-electron chi connectivity index (χ2n) is 8.15. The lowest BCUT2D eigenvalue weighted by molar-refractivity contribution is 0.0599. The predicted molar refractivity (Wildman–Crippen MR) is 115 cm³/mol. The zero-order chi connectivity index (χ0) is 23.8. The second kappa shape index (κ2) is 11.9. The number of hydrogen-bond donors (Lipinski definition) is 0. The molecule has 0 spiro atoms. The highest BCUT2D eigenvalue weighted by Gasteiger charge is 2.29. The van der Waals surface area contributed by atoms with Crippen LogP contribution in [0.2, 0.25) is 0 Å². The van der Waals surface area contributed by atoms with E-state index in [-0.39, 0.29) is 24.8 Å². The summed E-state index contributed by atoms with van der Waals surface area (Å²) in [4.78, 5) is 16.6. The first-order valence-corrected chi connectivity index (χ1v) is 10.8. The van der Waals surface area contributed by atoms with E-state index in [4.69, 9.17) is 9.47 Å². The van der Waals surface area contributed by atoms with Crippen LogP contribution in [0.3, 0.4) is 0 Å². The van der Waals surface area contributed by atoms with E-state index in [2.05, 4.69) is 4.90 Å². The first kappa shape index (κ1) is 24.8. The van der Waals surface area contributed by atoms with Crippen LogP contribution in [0.25, 0.3) is 0 Å². The summed E-state index contributed by atoms with van der Waals surface area (Å²) < 4.78 is 63.4. The summed E-state index contributed by atoms with van der Waals surface area (Å²) >= 11 is 0. The van der Waals surface area contributed by atoms with E-state index in [0.717, 1.165) is 25.2 Å². The number of ether oxygens (including phenoxy) is 2. The third-order valence-electron chi connectivity index (χ3n) is 5.65. The summed E-state index contributed by atoms with van der Waals surface area (Å²) in [5.74, 6) is -1.08. The maximum atomic E-state index is 14.2. The number of carbonyl (C=O) groups is 1. The van der Waals surface area contributed by atoms with Gasteiger partial charge >= 0.3 is 6.09 Å². The number of nitrogens with zero attached hydrogens (tertiary/aromatic N) is 2. The van der Waals surface area contributed by atoms with Crippen LogP contribution in [0.1, 0.15) is 24.0 Å². The Morgan fingerprint density at radius 2 is 1.76 bits per heavy atom. The van der Waals surface area contributed by atoms with E-state index in [1.165, 1.54) is 11.0 Å². The summed E-state index contributed by atoms with van der Waals surface area (Å²) in [5, 5.41) is 0. The van der Waals surface area contributed by atoms with Crippen LogP contribution >= 0.6 is 0 Å². The lowest BCUT2D eigenvalue weighted by Crippen LogP contribution is -2.46. The van der Waals surface area contributed by atoms with Crippen molar-refractivity contribution in [2.24, 2.45) is 0 Å². The molecule has 2 aromatic rings. The van der Waals surface area contributed by atoms with E-state index in [9.17, 15) is 22.4 Å². The van der Waals surface area contributed by atoms with Crippen molar-refractivity contribution >= 4 is 6.09 Å². The van der Waals surface area contributed by atoms with Gasteiger partial charge < -0.3 is 19.3 Å². The quantitative estimate of drug-likeness (QED) is 0.492. The smallest absolute Gasteiger partial charge is 0.410 e. The van der Waals surface area contributed by atoms with Crippen LogP contribution < -0.4 is 4.74 Å². The van der Waals surface area contributed by atoms with Crippen molar-refractivity contribution in [3.8, 4) is 5.75 Å². The van der Waals surface area contributed by atoms with Gasteiger partial charge in [-0.3, -0.25) is 0 Å². The average Bonchev–Trinajstić information content (AvgIpc) is 2.82. The van der Waals surface area contributed by atoms with Gasteiger partial charge in [0.1, 0.15) is 37.3 Å². The molecule has 1 heterocycles. The summed E-state index contributed by atoms with van der Waals surface area (Å²) in [5.41, 5.74) is 0.869. The highest BCUT2D eigenvalue weighted by Crippen LogP contribution is 2.22. The fraction of sp³-hybridized carbons (Fsp3) is 0.458. The maximum Gasteiger partial charge on any atom is 0.410 e. The first-order chi connectivity index (χ1) is 15.9. The highest BCUT2D eigenvalue weighted by atomic mass is 19.1. The van der Waals surface area contributed by atoms with Gasteiger partial charge in [0.2, 0.25) is 0 Å². The molecule has 0 bridgehead atoms. The minimum absolute atomic E-state index is 0.0278. The van der Waals surface area contributed by atoms with Gasteiger partial charge in [0.25, 0.3) is 0 Å². The van der Waals surface area contributed by atoms with Crippen molar-refractivity contribution < 1.29 is 31.8 Å². The number of hydrogen-bond acceptors (Lipinski definition) is 4. The average molecular weight is 468 g/mol. The van der Waals surface area contributed by atoms with Gasteiger partial charge in [-0.2, -0.15) is 0 Å². The SMILES string of the molecule is CN1CCC(N(Cc2ccc(F)cc2F)C(=O)OCc2ccc(OC(CF)CF)cc2)CC1. The fourth-order valence-electron chi connectivity index (χ4n) is 3.67. The topological polar surface area (TPSA) is 42.0 Å². The molecule has 0 aliphatic carbocycles. The summed E-state index contributed by atoms with van der Waals surface area (Å²) in [6, 6.07) is 9.53. The zero-order valence-corrected chi connectivity index (χ0v) is 18.5. The molecule has 0 unspecified atom stereocenters. The van der Waals surface area contributed by atoms with Gasteiger partial charge in [-0.05, 0) is 56.7 Å². The van der Waals surface area contributed by atoms with E-state index >= 15 is 0 Å². The van der Waals surface area contributed by atoms with Crippen molar-refractivity contribution in [3.05, 3.63) is 65.2 Å². The molecule has 0 saturated carbocycles. The van der Waals surface area contributed by atoms with Crippen LogP contribution in [0.4, 0.5) is 22.4 Å². The lowest BCUT2D eigenvalue weighted by atomic mass is 10.0. The predicted octanol–water partition coefficient (Wildman–Crippen LogP) is 4.88. The lowest BCUT2D eigenvalue weighted by Gasteiger charge is -2.36. The molecular weight excluding hydrogens is 440 g/mol. The number of piperidine rings is 1. The third-order valence-corrected chi connectivity index (χ3v) is 5.65. The molecule has 5 nitrogen and oxygen atoms in total. The molecule has 0 atom stereocenters. The molecule has 0 radical (unpaired) electrons. The number of halogens is 4. The van der Waals surface area contributed by atoms with E-state index in [0.29, 0.717) is 24.2 Å². The van der Waals surface area contributed by atoms with Crippen molar-refractivity contribution in [1.82, 2.24) is 9.80 Å². The van der Waals surface area contributed by atoms with Crippen LogP contribution in [-0.4, -0.2) is 61.5 Å². The van der Waals surface area contributed by atoms with Gasteiger partial charge in [0, 0.05) is 17.7 Å². The normalized spacial score (nSPS) is 15.0. The highest BCUT2D eigenvalue weighted by molar-refractivity contribution is 5.68. The maximum absolute atomic E-state index is 14.2. The Hall–Kier alpha value is -2.81. The van der Waals surface area contributed by atoms with Crippen molar-refractivity contribution in [3.63, 3.8) is 0 Å². The minimum atomic E-state index is -1.15. The monoisotopic (exact) mass is 468 g/mol. The second-order valence-corrected chi connectivity index (χ2v) is 8.15. The van der Waals surface area contributed by atoms with Gasteiger partial charge in [-0.15, -0.1) is 0 Å². The molecule has 0 aromatic heterocycles. The number of amides is 1. The molecule has 2 aromatic carbocycles. The number of likely N-dealkylation sites (tertiary alicyclic amines) is 1. The molecule has 1 aliphatic rings. The molecule has 0 N–H and O–H groups in total. The molecule has 1 aliphatic heterocycles. The van der Waals surface area contributed by atoms with E-state index in [1.807, 2.05) is 7.05 Å². The molecule has 9 heteroatoms. The number of alkyl halides is 2. The van der Waals surface area contributed by atoms with Gasteiger partial charge in [0.15, 0.2) is 6.10 Å². The Kier molecular flexibility index (Phi) is 8.94. The Morgan fingerprint density at radius 1 is 1.09 bits per heavy atom. The van der Waals surface area contributed by atoms with Crippen molar-refractivity contribution in [2.75, 3.05) is 33.5 Å². The van der Waals surface area contributed by atoms with Crippen LogP contribution in [0, 0.1) is 11.6 Å². The fourth-order valence-corrected chi connectivity index (χ4v) is 3.67. The minimum Gasteiger partial charge on any atom is -0.485 e. The Bertz CT molecular complexity index is 901. The van der Waals surface area contributed by atoms with Gasteiger partial charge in [0.05, 0.1) is 6.54 Å². The standard InChI is InChI=1S/C24H28F4N2O3/c1-29-10-8-20(9-11-29)30(15-18-4-5-19(27)12-23(18)28)24(31)32-16-17-2-6-21(7-3-17)33-22(13-25)14-26/h2-7,12,20,22H,8-11,13-16H2,1H3. The van der Waals surface area contributed by atoms with Crippen LogP contribution in [0.15, 0.2) is 42.5 Å². The number of rotatable bonds is 9. The van der Waals surface area contributed by atoms with Crippen molar-refractivity contribution in [2.45, 2.75) is 38.1 Å². The molecule has 1 saturated heterocycles. The van der Waals surface area contributed by atoms with Crippen LogP contribution in [0.5, 0.6) is 5.75 Å². The van der Waals surface area contributed by atoms with Gasteiger partial charge in [-0.1, -0.05) is 18.2 Å². The summed E-state index contributed by atoms with van der Waals surface area (Å²) in [6.45, 7) is -0.348. The van der Waals surface area contributed by atoms with E-state index < -0.39 is 37.2 Å². The molecule has 33 heavy (non-hydrogen) atoms. The summed E-state index contributed by atoms with van der Waals surface area (Å²) in [6.07, 6.45) is -0.317. The molecule has 180 valence electrons. The van der Waals surface area contributed by atoms with Crippen molar-refractivity contribution in [1.29, 1.82) is 0 Å². The number of carbonyl (C=O) groups excluding carboxylic acids is 1. The Balaban J connectivity index is 1.65. The Morgan fingerprint density at radius 3 is 2.36 bits per heavy atom. The largest absolute Gasteiger partial charge is 0.485 e. The molecule has 1 fully saturated rings. The molecular formula is C24H28F4N2O3. The van der Waals surface area contributed by atoms with E-state index in [1.54, 1.807) is 24.3 Å². The summed E-state index contributed by atoms with van der Waals surface area (Å²) in [7, 11) is 2.00. The van der Waals surface area contributed by atoms with Gasteiger partial charge in [-0.25, -0.2) is 22.4 Å². The zero-order valence-electron chi connectivity index (χ0n) is 18.5. The molecule has 3 rings (SSSR count). The molecule has 1 amide bonds. The third kappa shape index (κ3) is 7.08. The van der Waals surface area contributed by atoms with Crippen LogP contribution in [-0.2, 0) is 17.9 Å². The first-order valence-electron chi connectivity index (χ1n) is 10.8.